The molecule has 0 aliphatic rings. The first-order valence-electron chi connectivity index (χ1n) is 7.35. The summed E-state index contributed by atoms with van der Waals surface area (Å²) in [6.45, 7) is 0. The number of rotatable bonds is 2. The second-order valence-corrected chi connectivity index (χ2v) is 5.29. The number of nitriles is 1. The third kappa shape index (κ3) is 2.22. The Kier molecular flexibility index (Phi) is 3.29. The maximum Gasteiger partial charge on any atom is 0.234 e. The first-order valence-corrected chi connectivity index (χ1v) is 7.35. The number of hydrogen-bond acceptors (Lipinski definition) is 3. The molecule has 4 aromatic rings. The van der Waals surface area contributed by atoms with Gasteiger partial charge in [0.1, 0.15) is 5.82 Å². The first kappa shape index (κ1) is 14.1. The van der Waals surface area contributed by atoms with E-state index < -0.39 is 0 Å². The van der Waals surface area contributed by atoms with Crippen LogP contribution in [0.2, 0.25) is 0 Å². The van der Waals surface area contributed by atoms with Gasteiger partial charge in [0.2, 0.25) is 5.78 Å². The van der Waals surface area contributed by atoms with Crippen LogP contribution in [-0.2, 0) is 0 Å². The van der Waals surface area contributed by atoms with E-state index in [-0.39, 0.29) is 5.82 Å². The van der Waals surface area contributed by atoms with Gasteiger partial charge in [-0.2, -0.15) is 5.26 Å². The van der Waals surface area contributed by atoms with Crippen molar-refractivity contribution in [1.29, 1.82) is 5.26 Å². The van der Waals surface area contributed by atoms with Gasteiger partial charge in [0.25, 0.3) is 0 Å². The van der Waals surface area contributed by atoms with Crippen LogP contribution in [0, 0.1) is 17.1 Å². The van der Waals surface area contributed by atoms with Crippen molar-refractivity contribution in [2.45, 2.75) is 0 Å². The van der Waals surface area contributed by atoms with Crippen molar-refractivity contribution in [3.8, 4) is 28.5 Å². The molecule has 2 heterocycles. The van der Waals surface area contributed by atoms with E-state index in [2.05, 4.69) is 16.0 Å². The molecule has 0 atom stereocenters. The number of hydrogen-bond donors (Lipinski definition) is 0. The third-order valence-electron chi connectivity index (χ3n) is 3.89. The van der Waals surface area contributed by atoms with Crippen molar-refractivity contribution in [3.05, 3.63) is 78.5 Å². The molecule has 2 aromatic carbocycles. The van der Waals surface area contributed by atoms with Crippen molar-refractivity contribution in [3.63, 3.8) is 0 Å². The highest BCUT2D eigenvalue weighted by atomic mass is 19.1. The largest absolute Gasteiger partial charge is 0.284 e. The topological polar surface area (TPSA) is 54.0 Å². The molecule has 0 amide bonds. The zero-order valence-corrected chi connectivity index (χ0v) is 12.5. The van der Waals surface area contributed by atoms with E-state index in [9.17, 15) is 9.65 Å². The lowest BCUT2D eigenvalue weighted by Gasteiger charge is -2.08. The molecule has 2 aromatic heterocycles. The van der Waals surface area contributed by atoms with Crippen LogP contribution in [0.25, 0.3) is 28.2 Å². The number of nitrogens with zero attached hydrogens (tertiary/aromatic N) is 4. The van der Waals surface area contributed by atoms with Crippen LogP contribution in [0.4, 0.5) is 4.39 Å². The molecule has 0 saturated carbocycles. The minimum atomic E-state index is -0.367. The zero-order valence-electron chi connectivity index (χ0n) is 12.5. The molecule has 24 heavy (non-hydrogen) atoms. The average Bonchev–Trinajstić information content (AvgIpc) is 3.06. The third-order valence-corrected chi connectivity index (χ3v) is 3.89. The smallest absolute Gasteiger partial charge is 0.234 e. The van der Waals surface area contributed by atoms with Gasteiger partial charge < -0.3 is 0 Å². The van der Waals surface area contributed by atoms with E-state index in [0.717, 1.165) is 11.3 Å². The fourth-order valence-corrected chi connectivity index (χ4v) is 2.75. The van der Waals surface area contributed by atoms with E-state index in [4.69, 9.17) is 0 Å². The summed E-state index contributed by atoms with van der Waals surface area (Å²) in [6.07, 6.45) is 5.23. The lowest BCUT2D eigenvalue weighted by molar-refractivity contribution is 0.631. The monoisotopic (exact) mass is 314 g/mol. The molecular formula is C19H11FN4. The summed E-state index contributed by atoms with van der Waals surface area (Å²) in [5, 5.41) is 9.27. The molecule has 0 bridgehead atoms. The summed E-state index contributed by atoms with van der Waals surface area (Å²) in [5.74, 6) is 0.212. The Hall–Kier alpha value is -3.52. The molecule has 0 saturated heterocycles. The van der Waals surface area contributed by atoms with Gasteiger partial charge >= 0.3 is 0 Å². The Labute approximate surface area is 137 Å². The fraction of sp³-hybridized carbons (Fsp3) is 0. The minimum Gasteiger partial charge on any atom is -0.284 e. The summed E-state index contributed by atoms with van der Waals surface area (Å²) in [5.41, 5.74) is 3.02. The number of benzene rings is 2. The van der Waals surface area contributed by atoms with Crippen molar-refractivity contribution in [1.82, 2.24) is 14.4 Å². The Balaban J connectivity index is 1.93. The first-order chi connectivity index (χ1) is 11.8. The molecular weight excluding hydrogens is 303 g/mol. The zero-order chi connectivity index (χ0) is 16.5. The van der Waals surface area contributed by atoms with Crippen LogP contribution in [0.15, 0.2) is 67.1 Å². The highest BCUT2D eigenvalue weighted by Crippen LogP contribution is 2.30. The molecule has 0 aliphatic heterocycles. The van der Waals surface area contributed by atoms with Gasteiger partial charge in [0, 0.05) is 29.1 Å². The van der Waals surface area contributed by atoms with Gasteiger partial charge in [-0.3, -0.25) is 4.40 Å². The molecule has 4 rings (SSSR count). The summed E-state index contributed by atoms with van der Waals surface area (Å²) < 4.78 is 16.2. The SMILES string of the molecule is N#Cc1ccccc1-c1cc(-c2cnc3ncccn23)ccc1F. The van der Waals surface area contributed by atoms with Gasteiger partial charge in [-0.25, -0.2) is 14.4 Å². The number of imidazole rings is 1. The van der Waals surface area contributed by atoms with E-state index in [1.807, 2.05) is 16.7 Å². The molecule has 0 fully saturated rings. The molecule has 4 nitrogen and oxygen atoms in total. The highest BCUT2D eigenvalue weighted by Gasteiger charge is 2.13. The predicted molar refractivity (Wildman–Crippen MR) is 88.5 cm³/mol. The van der Waals surface area contributed by atoms with Crippen molar-refractivity contribution >= 4 is 5.78 Å². The maximum absolute atomic E-state index is 14.4. The van der Waals surface area contributed by atoms with Gasteiger partial charge in [0.05, 0.1) is 23.5 Å². The summed E-state index contributed by atoms with van der Waals surface area (Å²) in [7, 11) is 0. The molecule has 0 radical (unpaired) electrons. The van der Waals surface area contributed by atoms with Crippen molar-refractivity contribution in [2.75, 3.05) is 0 Å². The normalized spacial score (nSPS) is 10.7. The Morgan fingerprint density at radius 1 is 1.00 bits per heavy atom. The van der Waals surface area contributed by atoms with E-state index in [1.165, 1.54) is 6.07 Å². The summed E-state index contributed by atoms with van der Waals surface area (Å²) in [4.78, 5) is 8.45. The lowest BCUT2D eigenvalue weighted by atomic mass is 9.97. The Morgan fingerprint density at radius 3 is 2.75 bits per heavy atom. The van der Waals surface area contributed by atoms with Crippen LogP contribution in [-0.4, -0.2) is 14.4 Å². The number of aromatic nitrogens is 3. The average molecular weight is 314 g/mol. The number of fused-ring (bicyclic) bond motifs is 1. The van der Waals surface area contributed by atoms with Gasteiger partial charge in [-0.1, -0.05) is 18.2 Å². The summed E-state index contributed by atoms with van der Waals surface area (Å²) in [6, 6.07) is 15.8. The van der Waals surface area contributed by atoms with Crippen molar-refractivity contribution < 1.29 is 4.39 Å². The summed E-state index contributed by atoms with van der Waals surface area (Å²) >= 11 is 0. The Bertz CT molecular complexity index is 1090. The van der Waals surface area contributed by atoms with Crippen LogP contribution < -0.4 is 0 Å². The minimum absolute atomic E-state index is 0.367. The van der Waals surface area contributed by atoms with E-state index in [0.29, 0.717) is 22.5 Å². The molecule has 0 aliphatic carbocycles. The Morgan fingerprint density at radius 2 is 1.88 bits per heavy atom. The standard InChI is InChI=1S/C19H11FN4/c20-17-7-6-13(18-12-23-19-22-8-3-9-24(18)19)10-16(17)15-5-2-1-4-14(15)11-21/h1-10,12H. The molecule has 0 unspecified atom stereocenters. The predicted octanol–water partition coefficient (Wildman–Crippen LogP) is 4.07. The quantitative estimate of drug-likeness (QED) is 0.560. The second kappa shape index (κ2) is 5.60. The molecule has 114 valence electrons. The highest BCUT2D eigenvalue weighted by molar-refractivity contribution is 5.76. The lowest BCUT2D eigenvalue weighted by Crippen LogP contribution is -1.92. The fourth-order valence-electron chi connectivity index (χ4n) is 2.75. The van der Waals surface area contributed by atoms with Crippen LogP contribution in [0.1, 0.15) is 5.56 Å². The molecule has 0 N–H and O–H groups in total. The molecule has 5 heteroatoms. The van der Waals surface area contributed by atoms with Gasteiger partial charge in [0.15, 0.2) is 0 Å². The molecule has 0 spiro atoms. The van der Waals surface area contributed by atoms with Crippen LogP contribution in [0.3, 0.4) is 0 Å². The van der Waals surface area contributed by atoms with Gasteiger partial charge in [-0.05, 0) is 30.3 Å². The van der Waals surface area contributed by atoms with Crippen LogP contribution >= 0.6 is 0 Å². The second-order valence-electron chi connectivity index (χ2n) is 5.29. The number of halogens is 1. The van der Waals surface area contributed by atoms with E-state index in [1.54, 1.807) is 48.8 Å². The van der Waals surface area contributed by atoms with Crippen molar-refractivity contribution in [2.24, 2.45) is 0 Å². The van der Waals surface area contributed by atoms with Gasteiger partial charge in [-0.15, -0.1) is 0 Å². The maximum atomic E-state index is 14.4. The van der Waals surface area contributed by atoms with Crippen LogP contribution in [0.5, 0.6) is 0 Å². The van der Waals surface area contributed by atoms with E-state index >= 15 is 0 Å².